The summed E-state index contributed by atoms with van der Waals surface area (Å²) in [6, 6.07) is 16.5. The summed E-state index contributed by atoms with van der Waals surface area (Å²) in [5.74, 6) is 0.856. The number of carbonyl (C=O) groups excluding carboxylic acids is 1. The van der Waals surface area contributed by atoms with E-state index < -0.39 is 0 Å². The van der Waals surface area contributed by atoms with E-state index >= 15 is 0 Å². The molecule has 0 aliphatic carbocycles. The Hall–Kier alpha value is -3.39. The predicted octanol–water partition coefficient (Wildman–Crippen LogP) is 5.30. The summed E-state index contributed by atoms with van der Waals surface area (Å²) in [5.41, 5.74) is 6.43. The van der Waals surface area contributed by atoms with Gasteiger partial charge in [0.1, 0.15) is 5.82 Å². The molecule has 0 radical (unpaired) electrons. The lowest BCUT2D eigenvalue weighted by atomic mass is 10.0. The normalized spacial score (nSPS) is 12.7. The highest BCUT2D eigenvalue weighted by atomic mass is 79.9. The van der Waals surface area contributed by atoms with Gasteiger partial charge in [-0.25, -0.2) is 4.98 Å². The number of anilines is 2. The minimum absolute atomic E-state index is 0.0979. The van der Waals surface area contributed by atoms with E-state index in [0.29, 0.717) is 18.7 Å². The molecule has 1 aliphatic heterocycles. The molecule has 0 saturated carbocycles. The van der Waals surface area contributed by atoms with E-state index in [2.05, 4.69) is 65.7 Å². The first-order valence-corrected chi connectivity index (χ1v) is 12.9. The molecule has 3 N–H and O–H groups in total. The monoisotopic (exact) mass is 532 g/mol. The third-order valence-corrected chi connectivity index (χ3v) is 6.71. The number of hydrogen-bond donors (Lipinski definition) is 3. The Labute approximate surface area is 213 Å². The van der Waals surface area contributed by atoms with Gasteiger partial charge in [0.05, 0.1) is 34.5 Å². The third kappa shape index (κ3) is 5.65. The van der Waals surface area contributed by atoms with Crippen LogP contribution < -0.4 is 15.5 Å². The summed E-state index contributed by atoms with van der Waals surface area (Å²) in [6.07, 6.45) is 7.34. The smallest absolute Gasteiger partial charge is 0.252 e. The molecule has 1 amide bonds. The number of amides is 1. The van der Waals surface area contributed by atoms with Gasteiger partial charge in [-0.1, -0.05) is 24.3 Å². The predicted molar refractivity (Wildman–Crippen MR) is 144 cm³/mol. The molecular weight excluding hydrogens is 504 g/mol. The fourth-order valence-corrected chi connectivity index (χ4v) is 4.93. The van der Waals surface area contributed by atoms with Crippen molar-refractivity contribution in [2.24, 2.45) is 0 Å². The minimum atomic E-state index is -0.0979. The second kappa shape index (κ2) is 10.9. The van der Waals surface area contributed by atoms with Gasteiger partial charge in [0.25, 0.3) is 5.91 Å². The van der Waals surface area contributed by atoms with Crippen molar-refractivity contribution in [2.45, 2.75) is 32.2 Å². The molecule has 2 aromatic heterocycles. The van der Waals surface area contributed by atoms with Crippen molar-refractivity contribution in [3.05, 3.63) is 82.3 Å². The lowest BCUT2D eigenvalue weighted by Gasteiger charge is -2.30. The van der Waals surface area contributed by atoms with Crippen LogP contribution in [0.4, 0.5) is 11.4 Å². The first kappa shape index (κ1) is 23.4. The van der Waals surface area contributed by atoms with Crippen LogP contribution in [-0.2, 0) is 13.0 Å². The molecule has 35 heavy (non-hydrogen) atoms. The summed E-state index contributed by atoms with van der Waals surface area (Å²) >= 11 is 3.37. The van der Waals surface area contributed by atoms with Gasteiger partial charge < -0.3 is 20.5 Å². The molecule has 8 heteroatoms. The zero-order valence-electron chi connectivity index (χ0n) is 19.6. The molecule has 4 aromatic rings. The van der Waals surface area contributed by atoms with Gasteiger partial charge in [-0.3, -0.25) is 9.78 Å². The quantitative estimate of drug-likeness (QED) is 0.255. The van der Waals surface area contributed by atoms with Crippen molar-refractivity contribution >= 4 is 44.2 Å². The van der Waals surface area contributed by atoms with Crippen LogP contribution in [0.2, 0.25) is 0 Å². The van der Waals surface area contributed by atoms with Crippen LogP contribution in [-0.4, -0.2) is 40.5 Å². The van der Waals surface area contributed by atoms with Gasteiger partial charge in [-0.05, 0) is 71.4 Å². The number of nitrogens with one attached hydrogen (secondary N) is 3. The van der Waals surface area contributed by atoms with Crippen molar-refractivity contribution in [2.75, 3.05) is 29.9 Å². The number of carbonyl (C=O) groups is 1. The van der Waals surface area contributed by atoms with Crippen molar-refractivity contribution < 1.29 is 4.79 Å². The van der Waals surface area contributed by atoms with Gasteiger partial charge >= 0.3 is 0 Å². The zero-order valence-corrected chi connectivity index (χ0v) is 21.1. The van der Waals surface area contributed by atoms with E-state index in [0.717, 1.165) is 60.1 Å². The molecule has 1 aliphatic rings. The standard InChI is InChI=1S/C27H29BrN6O/c28-21-15-20(16-29-17-21)27(35)31-12-3-4-14-34(18-25-32-22-9-1-2-10-23(22)33-25)24-11-5-7-19-8-6-13-30-26(19)24/h1-2,5,7,9-11,15-17,30H,3-4,6,8,12-14,18H2,(H,31,35)(H,32,33). The maximum absolute atomic E-state index is 12.4. The van der Waals surface area contributed by atoms with Crippen molar-refractivity contribution in [3.63, 3.8) is 0 Å². The average molecular weight is 533 g/mol. The molecule has 7 nitrogen and oxygen atoms in total. The number of rotatable bonds is 9. The largest absolute Gasteiger partial charge is 0.383 e. The van der Waals surface area contributed by atoms with Crippen LogP contribution >= 0.6 is 15.9 Å². The van der Waals surface area contributed by atoms with Crippen LogP contribution in [0.5, 0.6) is 0 Å². The average Bonchev–Trinajstić information content (AvgIpc) is 3.30. The number of fused-ring (bicyclic) bond motifs is 2. The molecule has 0 spiro atoms. The Morgan fingerprint density at radius 3 is 2.91 bits per heavy atom. The second-order valence-electron chi connectivity index (χ2n) is 8.82. The molecule has 3 heterocycles. The molecule has 0 fully saturated rings. The molecule has 0 unspecified atom stereocenters. The fourth-order valence-electron chi connectivity index (χ4n) is 4.57. The number of halogens is 1. The first-order chi connectivity index (χ1) is 17.2. The highest BCUT2D eigenvalue weighted by Gasteiger charge is 2.18. The molecule has 0 saturated heterocycles. The Balaban J connectivity index is 1.26. The Morgan fingerprint density at radius 2 is 2.03 bits per heavy atom. The van der Waals surface area contributed by atoms with Crippen molar-refractivity contribution in [1.82, 2.24) is 20.3 Å². The number of imidazole rings is 1. The van der Waals surface area contributed by atoms with Crippen LogP contribution in [0.3, 0.4) is 0 Å². The van der Waals surface area contributed by atoms with Crippen LogP contribution in [0.15, 0.2) is 65.4 Å². The van der Waals surface area contributed by atoms with E-state index in [1.54, 1.807) is 18.5 Å². The Kier molecular flexibility index (Phi) is 7.28. The number of aryl methyl sites for hydroxylation is 1. The summed E-state index contributed by atoms with van der Waals surface area (Å²) in [4.78, 5) is 27.2. The third-order valence-electron chi connectivity index (χ3n) is 6.28. The fraction of sp³-hybridized carbons (Fsp3) is 0.296. The van der Waals surface area contributed by atoms with Gasteiger partial charge in [0, 0.05) is 36.5 Å². The summed E-state index contributed by atoms with van der Waals surface area (Å²) in [5, 5.41) is 6.63. The number of unbranched alkanes of at least 4 members (excludes halogenated alkanes) is 1. The number of para-hydroxylation sites is 3. The number of hydrogen-bond acceptors (Lipinski definition) is 5. The molecule has 180 valence electrons. The van der Waals surface area contributed by atoms with E-state index in [-0.39, 0.29) is 5.91 Å². The van der Waals surface area contributed by atoms with Crippen LogP contribution in [0.25, 0.3) is 11.0 Å². The number of aromatic nitrogens is 3. The zero-order chi connectivity index (χ0) is 24.0. The minimum Gasteiger partial charge on any atom is -0.383 e. The highest BCUT2D eigenvalue weighted by Crippen LogP contribution is 2.34. The maximum Gasteiger partial charge on any atom is 0.252 e. The topological polar surface area (TPSA) is 85.9 Å². The SMILES string of the molecule is O=C(NCCCCN(Cc1nc2ccccc2[nH]1)c1cccc2c1NCCC2)c1cncc(Br)c1. The number of pyridine rings is 1. The van der Waals surface area contributed by atoms with E-state index in [1.165, 1.54) is 16.9 Å². The Bertz CT molecular complexity index is 1290. The molecular formula is C27H29BrN6O. The maximum atomic E-state index is 12.4. The summed E-state index contributed by atoms with van der Waals surface area (Å²) in [7, 11) is 0. The van der Waals surface area contributed by atoms with Crippen molar-refractivity contribution in [1.29, 1.82) is 0 Å². The number of H-pyrrole nitrogens is 1. The first-order valence-electron chi connectivity index (χ1n) is 12.1. The number of aromatic amines is 1. The van der Waals surface area contributed by atoms with Gasteiger partial charge in [0.2, 0.25) is 0 Å². The molecule has 2 aromatic carbocycles. The Morgan fingerprint density at radius 1 is 1.11 bits per heavy atom. The lowest BCUT2D eigenvalue weighted by molar-refractivity contribution is 0.0952. The number of nitrogens with zero attached hydrogens (tertiary/aromatic N) is 3. The lowest BCUT2D eigenvalue weighted by Crippen LogP contribution is -2.28. The van der Waals surface area contributed by atoms with E-state index in [4.69, 9.17) is 4.98 Å². The molecule has 5 rings (SSSR count). The summed E-state index contributed by atoms with van der Waals surface area (Å²) in [6.45, 7) is 3.18. The second-order valence-corrected chi connectivity index (χ2v) is 9.73. The van der Waals surface area contributed by atoms with Gasteiger partial charge in [-0.2, -0.15) is 0 Å². The highest BCUT2D eigenvalue weighted by molar-refractivity contribution is 9.10. The van der Waals surface area contributed by atoms with E-state index in [9.17, 15) is 4.79 Å². The van der Waals surface area contributed by atoms with Crippen molar-refractivity contribution in [3.8, 4) is 0 Å². The summed E-state index contributed by atoms with van der Waals surface area (Å²) < 4.78 is 0.797. The van der Waals surface area contributed by atoms with Crippen LogP contribution in [0.1, 0.15) is 41.0 Å². The van der Waals surface area contributed by atoms with Crippen LogP contribution in [0, 0.1) is 0 Å². The number of benzene rings is 2. The molecule has 0 atom stereocenters. The van der Waals surface area contributed by atoms with Gasteiger partial charge in [0.15, 0.2) is 0 Å². The van der Waals surface area contributed by atoms with E-state index in [1.807, 2.05) is 18.2 Å². The van der Waals surface area contributed by atoms with Gasteiger partial charge in [-0.15, -0.1) is 0 Å². The molecule has 0 bridgehead atoms.